The molecule has 1 atom stereocenters. The van der Waals surface area contributed by atoms with Crippen molar-refractivity contribution in [3.05, 3.63) is 104 Å². The van der Waals surface area contributed by atoms with Gasteiger partial charge in [0.15, 0.2) is 11.5 Å². The number of imidazole rings is 1. The normalized spacial score (nSPS) is 11.9. The highest BCUT2D eigenvalue weighted by Crippen LogP contribution is 2.23. The van der Waals surface area contributed by atoms with Gasteiger partial charge in [0.05, 0.1) is 39.5 Å². The number of carbonyl (C=O) groups is 1. The van der Waals surface area contributed by atoms with Gasteiger partial charge in [0.25, 0.3) is 11.5 Å². The van der Waals surface area contributed by atoms with Crippen LogP contribution in [0.3, 0.4) is 0 Å². The van der Waals surface area contributed by atoms with Crippen molar-refractivity contribution in [2.75, 3.05) is 5.73 Å². The highest BCUT2D eigenvalue weighted by Gasteiger charge is 2.23. The minimum Gasteiger partial charge on any atom is -0.381 e. The highest BCUT2D eigenvalue weighted by molar-refractivity contribution is 7.12. The van der Waals surface area contributed by atoms with Crippen LogP contribution in [0.25, 0.3) is 16.4 Å². The lowest BCUT2D eigenvalue weighted by molar-refractivity contribution is 0.0940. The van der Waals surface area contributed by atoms with E-state index in [1.165, 1.54) is 15.9 Å². The van der Waals surface area contributed by atoms with Gasteiger partial charge in [0, 0.05) is 42.8 Å². The Hall–Kier alpha value is -5.28. The molecular formula is C29H25N9O2S. The van der Waals surface area contributed by atoms with Crippen molar-refractivity contribution < 1.29 is 4.79 Å². The molecule has 0 radical (unpaired) electrons. The number of H-pyrrole nitrogens is 1. The molecule has 6 rings (SSSR count). The highest BCUT2D eigenvalue weighted by atomic mass is 32.1. The van der Waals surface area contributed by atoms with Crippen molar-refractivity contribution in [2.24, 2.45) is 0 Å². The van der Waals surface area contributed by atoms with E-state index in [9.17, 15) is 9.59 Å². The van der Waals surface area contributed by atoms with Crippen molar-refractivity contribution in [2.45, 2.75) is 32.9 Å². The summed E-state index contributed by atoms with van der Waals surface area (Å²) in [4.78, 5) is 44.1. The Kier molecular flexibility index (Phi) is 6.78. The van der Waals surface area contributed by atoms with Crippen molar-refractivity contribution in [3.63, 3.8) is 0 Å². The summed E-state index contributed by atoms with van der Waals surface area (Å²) in [6.07, 6.45) is 8.89. The number of aromatic nitrogens is 7. The second kappa shape index (κ2) is 10.7. The number of thiazole rings is 1. The minimum absolute atomic E-state index is 0.0715. The smallest absolute Gasteiger partial charge is 0.259 e. The van der Waals surface area contributed by atoms with Gasteiger partial charge < -0.3 is 20.6 Å². The predicted molar refractivity (Wildman–Crippen MR) is 157 cm³/mol. The van der Waals surface area contributed by atoms with E-state index in [0.717, 1.165) is 21.0 Å². The van der Waals surface area contributed by atoms with Crippen LogP contribution < -0.4 is 16.6 Å². The number of nitrogens with zero attached hydrogens (tertiary/aromatic N) is 6. The third-order valence-corrected chi connectivity index (χ3v) is 7.53. The summed E-state index contributed by atoms with van der Waals surface area (Å²) >= 11 is 1.50. The number of benzene rings is 1. The number of nitrogen functional groups attached to an aromatic ring is 1. The largest absolute Gasteiger partial charge is 0.381 e. The van der Waals surface area contributed by atoms with Crippen molar-refractivity contribution in [1.82, 2.24) is 39.4 Å². The molecule has 0 aliphatic rings. The van der Waals surface area contributed by atoms with Crippen molar-refractivity contribution in [1.29, 1.82) is 0 Å². The minimum atomic E-state index is -0.549. The maximum atomic E-state index is 14.1. The number of nitrogens with one attached hydrogen (secondary N) is 2. The van der Waals surface area contributed by atoms with Gasteiger partial charge in [-0.05, 0) is 43.4 Å². The number of hydrogen-bond acceptors (Lipinski definition) is 8. The van der Waals surface area contributed by atoms with Crippen LogP contribution in [0.1, 0.15) is 50.2 Å². The Balaban J connectivity index is 1.42. The molecule has 4 N–H and O–H groups in total. The Morgan fingerprint density at radius 1 is 1.22 bits per heavy atom. The van der Waals surface area contributed by atoms with Crippen LogP contribution >= 0.6 is 11.3 Å². The molecule has 12 heteroatoms. The van der Waals surface area contributed by atoms with E-state index in [4.69, 9.17) is 5.73 Å². The molecule has 0 aliphatic carbocycles. The first-order chi connectivity index (χ1) is 19.9. The standard InChI is InChI=1S/C29H25N9O2S/c1-17(35-28(39)25-26(30)36-38-11-4-10-32-27(25)38)23-13-20-6-3-5-19(7-8-22-15-33-18(2)41-22)24(20)29(40)37(23)12-9-21-14-31-16-34-21/h3-6,10-11,13-17H,9,12H2,1-2H3,(H2,30,36)(H,31,34)(H,35,39)/t17-/m0/s1. The van der Waals surface area contributed by atoms with Crippen LogP contribution in [-0.4, -0.2) is 40.0 Å². The second-order valence-electron chi connectivity index (χ2n) is 9.44. The molecule has 0 saturated heterocycles. The number of hydrogen-bond donors (Lipinski definition) is 3. The number of amides is 1. The van der Waals surface area contributed by atoms with Gasteiger partial charge in [-0.2, -0.15) is 0 Å². The van der Waals surface area contributed by atoms with Gasteiger partial charge in [-0.3, -0.25) is 9.59 Å². The number of fused-ring (bicyclic) bond motifs is 2. The number of anilines is 1. The molecule has 5 heterocycles. The van der Waals surface area contributed by atoms with E-state index in [-0.39, 0.29) is 16.9 Å². The topological polar surface area (TPSA) is 149 Å². The molecule has 204 valence electrons. The molecule has 11 nitrogen and oxygen atoms in total. The maximum Gasteiger partial charge on any atom is 0.259 e. The molecule has 1 amide bonds. The van der Waals surface area contributed by atoms with Gasteiger partial charge in [0.1, 0.15) is 5.56 Å². The fourth-order valence-corrected chi connectivity index (χ4v) is 5.41. The monoisotopic (exact) mass is 563 g/mol. The number of carbonyl (C=O) groups excluding carboxylic acids is 1. The van der Waals surface area contributed by atoms with Crippen LogP contribution in [0.15, 0.2) is 66.2 Å². The van der Waals surface area contributed by atoms with Crippen LogP contribution in [0.2, 0.25) is 0 Å². The van der Waals surface area contributed by atoms with E-state index >= 15 is 0 Å². The Morgan fingerprint density at radius 3 is 2.88 bits per heavy atom. The number of aryl methyl sites for hydroxylation is 2. The van der Waals surface area contributed by atoms with Gasteiger partial charge in [0.2, 0.25) is 0 Å². The zero-order chi connectivity index (χ0) is 28.5. The van der Waals surface area contributed by atoms with Crippen molar-refractivity contribution >= 4 is 39.5 Å². The van der Waals surface area contributed by atoms with Crippen LogP contribution in [-0.2, 0) is 13.0 Å². The van der Waals surface area contributed by atoms with Crippen LogP contribution in [0.4, 0.5) is 5.82 Å². The molecule has 5 aromatic heterocycles. The molecule has 0 saturated carbocycles. The fourth-order valence-electron chi connectivity index (χ4n) is 4.78. The summed E-state index contributed by atoms with van der Waals surface area (Å²) in [5, 5.41) is 9.35. The molecule has 0 aliphatic heterocycles. The number of nitrogens with two attached hydrogens (primary N) is 1. The number of pyridine rings is 1. The summed E-state index contributed by atoms with van der Waals surface area (Å²) < 4.78 is 3.14. The molecule has 0 spiro atoms. The van der Waals surface area contributed by atoms with E-state index in [1.54, 1.807) is 41.7 Å². The Labute approximate surface area is 238 Å². The van der Waals surface area contributed by atoms with E-state index in [1.807, 2.05) is 38.1 Å². The lowest BCUT2D eigenvalue weighted by Gasteiger charge is -2.21. The third-order valence-electron chi connectivity index (χ3n) is 6.70. The zero-order valence-corrected chi connectivity index (χ0v) is 23.1. The lowest BCUT2D eigenvalue weighted by Crippen LogP contribution is -2.33. The summed E-state index contributed by atoms with van der Waals surface area (Å²) in [5.41, 5.74) is 8.49. The molecule has 0 unspecified atom stereocenters. The number of aromatic amines is 1. The third kappa shape index (κ3) is 5.06. The van der Waals surface area contributed by atoms with Gasteiger partial charge >= 0.3 is 0 Å². The fraction of sp³-hybridized carbons (Fsp3) is 0.172. The van der Waals surface area contributed by atoms with Gasteiger partial charge in [-0.1, -0.05) is 18.1 Å². The van der Waals surface area contributed by atoms with E-state index < -0.39 is 11.9 Å². The molecule has 6 aromatic rings. The Morgan fingerprint density at radius 2 is 2.10 bits per heavy atom. The van der Waals surface area contributed by atoms with Gasteiger partial charge in [-0.25, -0.2) is 19.5 Å². The van der Waals surface area contributed by atoms with E-state index in [2.05, 4.69) is 42.2 Å². The first-order valence-corrected chi connectivity index (χ1v) is 13.7. The molecule has 0 bridgehead atoms. The average molecular weight is 564 g/mol. The SMILES string of the molecule is Cc1ncc(C#Cc2cccc3cc([C@H](C)NC(=O)c4c(N)nn5cccnc45)n(CCc4c[nH]cn4)c(=O)c23)s1. The first-order valence-electron chi connectivity index (χ1n) is 12.9. The predicted octanol–water partition coefficient (Wildman–Crippen LogP) is 3.25. The summed E-state index contributed by atoms with van der Waals surface area (Å²) in [6, 6.07) is 8.67. The summed E-state index contributed by atoms with van der Waals surface area (Å²) in [6.45, 7) is 4.10. The molecule has 0 fully saturated rings. The first kappa shape index (κ1) is 26.0. The summed E-state index contributed by atoms with van der Waals surface area (Å²) in [5.74, 6) is 5.94. The van der Waals surface area contributed by atoms with Crippen LogP contribution in [0, 0.1) is 18.8 Å². The zero-order valence-electron chi connectivity index (χ0n) is 22.3. The average Bonchev–Trinajstić information content (AvgIpc) is 3.70. The molecular weight excluding hydrogens is 538 g/mol. The maximum absolute atomic E-state index is 14.1. The number of rotatable bonds is 6. The summed E-state index contributed by atoms with van der Waals surface area (Å²) in [7, 11) is 0. The quantitative estimate of drug-likeness (QED) is 0.263. The van der Waals surface area contributed by atoms with Gasteiger partial charge in [-0.15, -0.1) is 16.4 Å². The molecule has 41 heavy (non-hydrogen) atoms. The second-order valence-corrected chi connectivity index (χ2v) is 10.7. The lowest BCUT2D eigenvalue weighted by atomic mass is 10.0. The van der Waals surface area contributed by atoms with E-state index in [0.29, 0.717) is 35.3 Å². The van der Waals surface area contributed by atoms with Crippen LogP contribution in [0.5, 0.6) is 0 Å². The van der Waals surface area contributed by atoms with Crippen molar-refractivity contribution in [3.8, 4) is 11.8 Å². The molecule has 1 aromatic carbocycles. The Bertz CT molecular complexity index is 2030.